The third-order valence-corrected chi connectivity index (χ3v) is 3.34. The number of carboxylic acids is 1. The van der Waals surface area contributed by atoms with Crippen LogP contribution in [0.4, 0.5) is 0 Å². The van der Waals surface area contributed by atoms with Crippen LogP contribution >= 0.6 is 11.8 Å². The topological polar surface area (TPSA) is 81.0 Å². The van der Waals surface area contributed by atoms with Crippen LogP contribution in [0.15, 0.2) is 0 Å². The molecule has 0 radical (unpaired) electrons. The molecule has 0 rings (SSSR count). The van der Waals surface area contributed by atoms with Gasteiger partial charge in [-0.15, -0.1) is 0 Å². The largest absolute Gasteiger partial charge is 0.480 e. The van der Waals surface area contributed by atoms with Crippen molar-refractivity contribution in [2.45, 2.75) is 51.0 Å². The number of hydroxylamine groups is 2. The fourth-order valence-corrected chi connectivity index (χ4v) is 2.12. The molecule has 1 atom stereocenters. The van der Waals surface area contributed by atoms with E-state index in [4.69, 9.17) is 15.5 Å². The summed E-state index contributed by atoms with van der Waals surface area (Å²) in [5.41, 5.74) is 0. The van der Waals surface area contributed by atoms with E-state index in [1.54, 1.807) is 0 Å². The predicted molar refractivity (Wildman–Crippen MR) is 67.5 cm³/mol. The third kappa shape index (κ3) is 9.41. The fraction of sp³-hybridized carbons (Fsp3) is 0.909. The minimum atomic E-state index is -1.20. The molecule has 5 nitrogen and oxygen atoms in total. The van der Waals surface area contributed by atoms with Crippen LogP contribution in [0.3, 0.4) is 0 Å². The third-order valence-electron chi connectivity index (χ3n) is 2.64. The lowest BCUT2D eigenvalue weighted by atomic mass is 10.1. The van der Waals surface area contributed by atoms with Crippen molar-refractivity contribution in [2.75, 3.05) is 12.0 Å². The van der Waals surface area contributed by atoms with Gasteiger partial charge in [0.2, 0.25) is 0 Å². The Hall–Kier alpha value is -0.300. The van der Waals surface area contributed by atoms with Gasteiger partial charge < -0.3 is 5.11 Å². The number of nitrogens with zero attached hydrogens (tertiary/aromatic N) is 1. The maximum atomic E-state index is 10.6. The Morgan fingerprint density at radius 1 is 1.12 bits per heavy atom. The summed E-state index contributed by atoms with van der Waals surface area (Å²) in [6, 6.07) is -1.20. The van der Waals surface area contributed by atoms with Gasteiger partial charge >= 0.3 is 5.97 Å². The summed E-state index contributed by atoms with van der Waals surface area (Å²) < 4.78 is 0. The SMILES string of the molecule is CSCCCCCCCC[C@@H](C(=O)O)N(O)O. The summed E-state index contributed by atoms with van der Waals surface area (Å²) in [5, 5.41) is 25.8. The van der Waals surface area contributed by atoms with E-state index < -0.39 is 12.0 Å². The molecule has 0 aliphatic heterocycles. The Morgan fingerprint density at radius 3 is 2.12 bits per heavy atom. The standard InChI is InChI=1S/C11H23NO4S/c1-17-9-7-5-3-2-4-6-8-10(11(13)14)12(15)16/h10,15-16H,2-9H2,1H3,(H,13,14)/t10-/m0/s1. The fourth-order valence-electron chi connectivity index (χ4n) is 1.63. The molecule has 0 amide bonds. The Morgan fingerprint density at radius 2 is 1.65 bits per heavy atom. The van der Waals surface area contributed by atoms with Crippen molar-refractivity contribution in [3.8, 4) is 0 Å². The van der Waals surface area contributed by atoms with Gasteiger partial charge in [-0.2, -0.15) is 11.8 Å². The first kappa shape index (κ1) is 16.7. The molecule has 17 heavy (non-hydrogen) atoms. The molecule has 0 bridgehead atoms. The molecule has 3 N–H and O–H groups in total. The second kappa shape index (κ2) is 10.8. The molecule has 0 aliphatic carbocycles. The summed E-state index contributed by atoms with van der Waals surface area (Å²) in [6.45, 7) is 0. The Bertz CT molecular complexity index is 202. The van der Waals surface area contributed by atoms with Gasteiger partial charge in [0.25, 0.3) is 0 Å². The van der Waals surface area contributed by atoms with E-state index in [1.165, 1.54) is 25.0 Å². The van der Waals surface area contributed by atoms with E-state index in [2.05, 4.69) is 6.26 Å². The zero-order valence-corrected chi connectivity index (χ0v) is 11.2. The molecule has 0 aliphatic rings. The van der Waals surface area contributed by atoms with Crippen LogP contribution in [0.1, 0.15) is 44.9 Å². The van der Waals surface area contributed by atoms with Crippen molar-refractivity contribution >= 4 is 17.7 Å². The lowest BCUT2D eigenvalue weighted by molar-refractivity contribution is -0.328. The Kier molecular flexibility index (Phi) is 10.6. The number of hydrogen-bond acceptors (Lipinski definition) is 5. The molecule has 0 aromatic rings. The highest BCUT2D eigenvalue weighted by atomic mass is 32.2. The van der Waals surface area contributed by atoms with Crippen LogP contribution in [0.2, 0.25) is 0 Å². The van der Waals surface area contributed by atoms with Gasteiger partial charge in [0, 0.05) is 0 Å². The molecule has 102 valence electrons. The number of thioether (sulfide) groups is 1. The second-order valence-corrected chi connectivity index (χ2v) is 5.06. The van der Waals surface area contributed by atoms with E-state index in [0.29, 0.717) is 6.42 Å². The lowest BCUT2D eigenvalue weighted by Gasteiger charge is -2.15. The molecule has 6 heteroatoms. The van der Waals surface area contributed by atoms with E-state index in [9.17, 15) is 4.79 Å². The molecule has 0 aromatic heterocycles. The average Bonchev–Trinajstić information content (AvgIpc) is 2.26. The number of unbranched alkanes of at least 4 members (excludes halogenated alkanes) is 5. The highest BCUT2D eigenvalue weighted by Gasteiger charge is 2.22. The van der Waals surface area contributed by atoms with Crippen molar-refractivity contribution < 1.29 is 20.3 Å². The minimum Gasteiger partial charge on any atom is -0.480 e. The van der Waals surface area contributed by atoms with E-state index in [0.717, 1.165) is 12.8 Å². The van der Waals surface area contributed by atoms with Crippen molar-refractivity contribution in [2.24, 2.45) is 0 Å². The summed E-state index contributed by atoms with van der Waals surface area (Å²) in [7, 11) is 0. The molecule has 0 saturated heterocycles. The smallest absolute Gasteiger partial charge is 0.325 e. The summed E-state index contributed by atoms with van der Waals surface area (Å²) in [6.07, 6.45) is 8.72. The Labute approximate surface area is 107 Å². The van der Waals surface area contributed by atoms with E-state index in [1.807, 2.05) is 11.8 Å². The molecule has 0 spiro atoms. The molecule has 0 saturated carbocycles. The highest BCUT2D eigenvalue weighted by molar-refractivity contribution is 7.98. The highest BCUT2D eigenvalue weighted by Crippen LogP contribution is 2.11. The minimum absolute atomic E-state index is 0.208. The normalized spacial score (nSPS) is 12.9. The van der Waals surface area contributed by atoms with Crippen LogP contribution in [0.5, 0.6) is 0 Å². The van der Waals surface area contributed by atoms with Crippen LogP contribution < -0.4 is 0 Å². The molecular weight excluding hydrogens is 242 g/mol. The molecule has 0 heterocycles. The van der Waals surface area contributed by atoms with Crippen molar-refractivity contribution in [3.63, 3.8) is 0 Å². The quantitative estimate of drug-likeness (QED) is 0.393. The van der Waals surface area contributed by atoms with Crippen molar-refractivity contribution in [3.05, 3.63) is 0 Å². The monoisotopic (exact) mass is 265 g/mol. The number of carbonyl (C=O) groups is 1. The first-order chi connectivity index (χ1) is 8.09. The maximum absolute atomic E-state index is 10.6. The first-order valence-electron chi connectivity index (χ1n) is 5.98. The molecular formula is C11H23NO4S. The average molecular weight is 265 g/mol. The zero-order valence-electron chi connectivity index (χ0n) is 10.3. The number of hydrogen-bond donors (Lipinski definition) is 3. The van der Waals surface area contributed by atoms with Crippen LogP contribution in [0, 0.1) is 0 Å². The van der Waals surface area contributed by atoms with Gasteiger partial charge in [0.1, 0.15) is 0 Å². The first-order valence-corrected chi connectivity index (χ1v) is 7.37. The summed E-state index contributed by atoms with van der Waals surface area (Å²) >= 11 is 1.85. The van der Waals surface area contributed by atoms with Crippen molar-refractivity contribution in [1.29, 1.82) is 0 Å². The van der Waals surface area contributed by atoms with Gasteiger partial charge in [-0.3, -0.25) is 15.2 Å². The van der Waals surface area contributed by atoms with E-state index in [-0.39, 0.29) is 11.6 Å². The number of carboxylic acid groups (broad SMARTS) is 1. The predicted octanol–water partition coefficient (Wildman–Crippen LogP) is 2.61. The van der Waals surface area contributed by atoms with Gasteiger partial charge in [-0.05, 0) is 24.9 Å². The lowest BCUT2D eigenvalue weighted by Crippen LogP contribution is -2.36. The second-order valence-electron chi connectivity index (χ2n) is 4.08. The van der Waals surface area contributed by atoms with Gasteiger partial charge in [0.05, 0.1) is 0 Å². The molecule has 0 fully saturated rings. The Balaban J connectivity index is 3.40. The van der Waals surface area contributed by atoms with Gasteiger partial charge in [0.15, 0.2) is 6.04 Å². The molecule has 0 aromatic carbocycles. The van der Waals surface area contributed by atoms with Gasteiger partial charge in [-0.1, -0.05) is 37.3 Å². The van der Waals surface area contributed by atoms with Crippen LogP contribution in [-0.4, -0.2) is 44.8 Å². The number of aliphatic carboxylic acids is 1. The summed E-state index contributed by atoms with van der Waals surface area (Å²) in [4.78, 5) is 10.6. The van der Waals surface area contributed by atoms with Crippen LogP contribution in [-0.2, 0) is 4.79 Å². The summed E-state index contributed by atoms with van der Waals surface area (Å²) in [5.74, 6) is 0.000376. The zero-order chi connectivity index (χ0) is 13.1. The number of rotatable bonds is 11. The van der Waals surface area contributed by atoms with Gasteiger partial charge in [-0.25, -0.2) is 0 Å². The molecule has 0 unspecified atom stereocenters. The van der Waals surface area contributed by atoms with Crippen molar-refractivity contribution in [1.82, 2.24) is 5.23 Å². The van der Waals surface area contributed by atoms with E-state index >= 15 is 0 Å². The maximum Gasteiger partial charge on any atom is 0.325 e. The van der Waals surface area contributed by atoms with Crippen LogP contribution in [0.25, 0.3) is 0 Å².